The maximum atomic E-state index is 13.6. The number of carbonyl (C=O) groups excluding carboxylic acids is 3. The molecule has 0 bridgehead atoms. The molecule has 2 aliphatic heterocycles. The van der Waals surface area contributed by atoms with Crippen LogP contribution in [0.3, 0.4) is 0 Å². The molecule has 0 saturated carbocycles. The zero-order valence-corrected chi connectivity index (χ0v) is 25.2. The minimum Gasteiger partial charge on any atom is -0.459 e. The van der Waals surface area contributed by atoms with Gasteiger partial charge in [0, 0.05) is 25.3 Å². The number of amides is 4. The Morgan fingerprint density at radius 2 is 1.80 bits per heavy atom. The third-order valence-electron chi connectivity index (χ3n) is 7.97. The second-order valence-corrected chi connectivity index (χ2v) is 11.8. The molecule has 2 N–H and O–H groups in total. The number of hydrogen-bond acceptors (Lipinski definition) is 6. The highest BCUT2D eigenvalue weighted by molar-refractivity contribution is 7.21. The topological polar surface area (TPSA) is 104 Å². The fraction of sp³-hybridized carbons (Fsp3) is 0.200. The summed E-state index contributed by atoms with van der Waals surface area (Å²) < 4.78 is 5.97. The van der Waals surface area contributed by atoms with E-state index in [1.165, 1.54) is 22.3 Å². The van der Waals surface area contributed by atoms with Gasteiger partial charge < -0.3 is 20.3 Å². The highest BCUT2D eigenvalue weighted by Gasteiger charge is 2.34. The maximum absolute atomic E-state index is 13.6. The lowest BCUT2D eigenvalue weighted by Gasteiger charge is -2.32. The Morgan fingerprint density at radius 1 is 1.09 bits per heavy atom. The zero-order valence-electron chi connectivity index (χ0n) is 24.3. The number of anilines is 3. The number of urea groups is 1. The number of rotatable bonds is 6. The monoisotopic (exact) mass is 603 g/mol. The smallest absolute Gasteiger partial charge is 0.331 e. The van der Waals surface area contributed by atoms with E-state index in [1.54, 1.807) is 35.4 Å². The molecule has 15 heteroatoms. The molecule has 212 valence electrons. The molecule has 45 heavy (non-hydrogen) atoms. The molecule has 2 aromatic carbocycles. The van der Waals surface area contributed by atoms with Crippen molar-refractivity contribution in [1.82, 2.24) is 15.2 Å². The molecule has 1 atom stereocenters. The summed E-state index contributed by atoms with van der Waals surface area (Å²) in [4.78, 5) is 47.8. The van der Waals surface area contributed by atoms with Gasteiger partial charge in [0.2, 0.25) is 5.91 Å². The van der Waals surface area contributed by atoms with Gasteiger partial charge in [-0.05, 0) is 55.7 Å². The summed E-state index contributed by atoms with van der Waals surface area (Å²) in [6, 6.07) is 6.14. The molecule has 1 fully saturated rings. The molecule has 0 aliphatic carbocycles. The van der Waals surface area contributed by atoms with Crippen molar-refractivity contribution in [3.8, 4) is 11.5 Å². The van der Waals surface area contributed by atoms with Crippen LogP contribution in [0.15, 0.2) is 43.1 Å². The molecule has 1 saturated heterocycles. The van der Waals surface area contributed by atoms with Crippen LogP contribution >= 0.6 is 11.3 Å². The van der Waals surface area contributed by atoms with Crippen molar-refractivity contribution in [3.63, 3.8) is 0 Å². The Kier molecular flexibility index (Phi) is 8.07. The third kappa shape index (κ3) is 5.33. The van der Waals surface area contributed by atoms with Crippen LogP contribution in [0.1, 0.15) is 28.1 Å². The highest BCUT2D eigenvalue weighted by atomic mass is 32.1. The van der Waals surface area contributed by atoms with Gasteiger partial charge in [0.15, 0.2) is 0 Å². The Labute approximate surface area is 270 Å². The van der Waals surface area contributed by atoms with Gasteiger partial charge in [0.1, 0.15) is 60.4 Å². The Morgan fingerprint density at radius 3 is 2.49 bits per heavy atom. The Balaban J connectivity index is 1.30. The lowest BCUT2D eigenvalue weighted by atomic mass is 9.62. The largest absolute Gasteiger partial charge is 0.459 e. The third-order valence-corrected chi connectivity index (χ3v) is 9.07. The number of nitrogens with one attached hydrogen (secondary N) is 2. The second-order valence-electron chi connectivity index (χ2n) is 10.8. The molecule has 0 unspecified atom stereocenters. The number of thiophene rings is 1. The van der Waals surface area contributed by atoms with Crippen LogP contribution in [-0.4, -0.2) is 86.1 Å². The number of piperidine rings is 1. The van der Waals surface area contributed by atoms with E-state index in [4.69, 9.17) is 44.0 Å². The van der Waals surface area contributed by atoms with E-state index < -0.39 is 6.03 Å². The van der Waals surface area contributed by atoms with Crippen LogP contribution in [0.4, 0.5) is 21.9 Å². The fourth-order valence-electron chi connectivity index (χ4n) is 5.65. The number of benzene rings is 2. The van der Waals surface area contributed by atoms with Crippen molar-refractivity contribution in [3.05, 3.63) is 53.6 Å². The van der Waals surface area contributed by atoms with E-state index in [0.717, 1.165) is 12.8 Å². The van der Waals surface area contributed by atoms with Crippen molar-refractivity contribution in [1.29, 1.82) is 0 Å². The van der Waals surface area contributed by atoms with Gasteiger partial charge in [-0.25, -0.2) is 9.78 Å². The number of nitrogens with zero attached hydrogens (tertiary/aromatic N) is 3. The van der Waals surface area contributed by atoms with Gasteiger partial charge in [-0.2, -0.15) is 0 Å². The number of aromatic nitrogens is 1. The van der Waals surface area contributed by atoms with E-state index in [9.17, 15) is 14.4 Å². The number of pyridine rings is 1. The van der Waals surface area contributed by atoms with Gasteiger partial charge in [-0.15, -0.1) is 27.7 Å². The predicted octanol–water partition coefficient (Wildman–Crippen LogP) is -0.0436. The minimum atomic E-state index is -0.452. The Hall–Kier alpha value is -4.38. The molecule has 4 heterocycles. The van der Waals surface area contributed by atoms with E-state index in [2.05, 4.69) is 22.2 Å². The molecule has 10 radical (unpaired) electrons. The summed E-state index contributed by atoms with van der Waals surface area (Å²) in [5.74, 6) is -0.0534. The number of aryl methyl sites for hydroxylation is 1. The quantitative estimate of drug-likeness (QED) is 0.238. The van der Waals surface area contributed by atoms with Crippen molar-refractivity contribution in [2.24, 2.45) is 0 Å². The molecule has 2 aromatic heterocycles. The van der Waals surface area contributed by atoms with Crippen LogP contribution < -0.4 is 47.6 Å². The van der Waals surface area contributed by atoms with Gasteiger partial charge in [-0.1, -0.05) is 17.5 Å². The summed E-state index contributed by atoms with van der Waals surface area (Å²) in [5.41, 5.74) is 2.57. The summed E-state index contributed by atoms with van der Waals surface area (Å²) in [6.45, 7) is 6.37. The second kappa shape index (κ2) is 11.9. The first kappa shape index (κ1) is 30.6. The Bertz CT molecular complexity index is 1900. The van der Waals surface area contributed by atoms with Gasteiger partial charge >= 0.3 is 6.03 Å². The molecule has 4 amide bonds. The molecule has 4 aromatic rings. The van der Waals surface area contributed by atoms with E-state index >= 15 is 0 Å². The first-order valence-corrected chi connectivity index (χ1v) is 14.9. The van der Waals surface area contributed by atoms with E-state index in [1.807, 2.05) is 6.92 Å². The first-order valence-electron chi connectivity index (χ1n) is 14.0. The summed E-state index contributed by atoms with van der Waals surface area (Å²) >= 11 is 1.19. The van der Waals surface area contributed by atoms with Gasteiger partial charge in [-0.3, -0.25) is 14.5 Å². The maximum Gasteiger partial charge on any atom is 0.331 e. The van der Waals surface area contributed by atoms with E-state index in [-0.39, 0.29) is 50.9 Å². The number of likely N-dealkylation sites (tertiary alicyclic amines) is 1. The first-order chi connectivity index (χ1) is 21.5. The number of carbonyl (C=O) groups is 3. The lowest BCUT2D eigenvalue weighted by molar-refractivity contribution is -0.127. The summed E-state index contributed by atoms with van der Waals surface area (Å²) in [6.07, 6.45) is 4.36. The summed E-state index contributed by atoms with van der Waals surface area (Å²) in [5, 5.41) is 6.58. The van der Waals surface area contributed by atoms with Gasteiger partial charge in [0.25, 0.3) is 5.91 Å². The molecule has 9 nitrogen and oxygen atoms in total. The highest BCUT2D eigenvalue weighted by Crippen LogP contribution is 2.46. The fourth-order valence-corrected chi connectivity index (χ4v) is 6.68. The molecule has 0 spiro atoms. The van der Waals surface area contributed by atoms with Crippen molar-refractivity contribution in [2.75, 3.05) is 23.3 Å². The van der Waals surface area contributed by atoms with Crippen LogP contribution in [0, 0.1) is 6.92 Å². The van der Waals surface area contributed by atoms with Gasteiger partial charge in [0.05, 0.1) is 22.4 Å². The molecular weight excluding hydrogens is 580 g/mol. The molecule has 2 aliphatic rings. The van der Waals surface area contributed by atoms with Crippen molar-refractivity contribution < 1.29 is 19.1 Å². The standard InChI is InChI=1S/C30H22B5N5O4S/c1-3-18(41)39-10-4-5-14(12-39)37-28(42)27-25-19-17(8-9-36-29(19)45-27)40(30(43)38-25)16-7-6-15(11-13(16)2)44-26-23(34)21(32)20(31)22(33)24(26)35/h3,6-9,11,14H,1,4-5,10,12H2,2H3,(H,37,42)(H,38,43)/t14-/m1/s1. The normalized spacial score (nSPS) is 15.9. The minimum absolute atomic E-state index is 0.0615. The van der Waals surface area contributed by atoms with Crippen LogP contribution in [0.2, 0.25) is 0 Å². The van der Waals surface area contributed by atoms with Crippen LogP contribution in [0.25, 0.3) is 10.2 Å². The van der Waals surface area contributed by atoms with Crippen molar-refractivity contribution >= 4 is 123 Å². The SMILES string of the molecule is [B]c1c([B])c([B])c(Oc2ccc(N3C(=O)Nc4c(C(=O)N[C@@H]5CCCN(C(=O)C=C)C5)sc5nccc3c45)c(C)c2)c([B])c1[B]. The lowest BCUT2D eigenvalue weighted by Crippen LogP contribution is -2.54. The van der Waals surface area contributed by atoms with Crippen molar-refractivity contribution in [2.45, 2.75) is 25.8 Å². The number of ether oxygens (including phenoxy) is 1. The van der Waals surface area contributed by atoms with Crippen LogP contribution in [0.5, 0.6) is 11.5 Å². The van der Waals surface area contributed by atoms with E-state index in [0.29, 0.717) is 56.6 Å². The summed E-state index contributed by atoms with van der Waals surface area (Å²) in [7, 11) is 30.1. The average molecular weight is 603 g/mol. The zero-order chi connectivity index (χ0) is 32.2. The predicted molar refractivity (Wildman–Crippen MR) is 183 cm³/mol. The molecular formula is C30H22B5N5O4S. The molecule has 6 rings (SSSR count). The number of hydrogen-bond donors (Lipinski definition) is 2. The average Bonchev–Trinajstić information content (AvgIpc) is 3.41. The van der Waals surface area contributed by atoms with Crippen LogP contribution in [-0.2, 0) is 4.79 Å².